The summed E-state index contributed by atoms with van der Waals surface area (Å²) in [5.41, 5.74) is 1.48. The van der Waals surface area contributed by atoms with Gasteiger partial charge in [-0.05, 0) is 32.3 Å². The van der Waals surface area contributed by atoms with E-state index in [9.17, 15) is 22.8 Å². The quantitative estimate of drug-likeness (QED) is 0.632. The van der Waals surface area contributed by atoms with Crippen molar-refractivity contribution in [2.45, 2.75) is 51.4 Å². The zero-order valence-corrected chi connectivity index (χ0v) is 15.4. The van der Waals surface area contributed by atoms with Crippen LogP contribution in [0.1, 0.15) is 36.6 Å². The third-order valence-electron chi connectivity index (χ3n) is 4.69. The third-order valence-corrected chi connectivity index (χ3v) is 5.94. The summed E-state index contributed by atoms with van der Waals surface area (Å²) < 4.78 is 40.4. The molecule has 0 saturated heterocycles. The smallest absolute Gasteiger partial charge is 0.313 e. The number of nitrogens with zero attached hydrogens (tertiary/aromatic N) is 3. The van der Waals surface area contributed by atoms with Gasteiger partial charge in [0.2, 0.25) is 0 Å². The van der Waals surface area contributed by atoms with Gasteiger partial charge < -0.3 is 5.43 Å². The van der Waals surface area contributed by atoms with E-state index in [0.29, 0.717) is 28.7 Å². The van der Waals surface area contributed by atoms with Crippen molar-refractivity contribution in [3.8, 4) is 0 Å². The van der Waals surface area contributed by atoms with Crippen molar-refractivity contribution >= 4 is 27.8 Å². The lowest BCUT2D eigenvalue weighted by Gasteiger charge is -2.17. The highest BCUT2D eigenvalue weighted by molar-refractivity contribution is 7.20. The second-order valence-corrected chi connectivity index (χ2v) is 7.72. The first kappa shape index (κ1) is 18.7. The van der Waals surface area contributed by atoms with Crippen molar-refractivity contribution in [3.63, 3.8) is 0 Å². The van der Waals surface area contributed by atoms with Crippen LogP contribution in [-0.4, -0.2) is 28.6 Å². The lowest BCUT2D eigenvalue weighted by Crippen LogP contribution is -2.44. The van der Waals surface area contributed by atoms with Crippen molar-refractivity contribution in [2.75, 3.05) is 7.05 Å². The number of aromatic nitrogens is 2. The van der Waals surface area contributed by atoms with E-state index in [1.54, 1.807) is 20.9 Å². The molecule has 0 aromatic carbocycles. The Bertz CT molecular complexity index is 996. The van der Waals surface area contributed by atoms with Gasteiger partial charge in [0.05, 0.1) is 28.4 Å². The predicted molar refractivity (Wildman–Crippen MR) is 95.3 cm³/mol. The summed E-state index contributed by atoms with van der Waals surface area (Å²) in [4.78, 5) is 26.7. The molecule has 10 heteroatoms. The lowest BCUT2D eigenvalue weighted by atomic mass is 10.2. The van der Waals surface area contributed by atoms with Crippen molar-refractivity contribution in [1.29, 1.82) is 0 Å². The summed E-state index contributed by atoms with van der Waals surface area (Å²) in [6.07, 6.45) is -2.71. The number of hydrazone groups is 1. The molecule has 1 N–H and O–H groups in total. The highest BCUT2D eigenvalue weighted by Gasteiger charge is 2.43. The Morgan fingerprint density at radius 1 is 1.35 bits per heavy atom. The number of nitrogens with one attached hydrogen (secondary N) is 1. The highest BCUT2D eigenvalue weighted by Crippen LogP contribution is 2.41. The van der Waals surface area contributed by atoms with E-state index in [0.717, 1.165) is 20.5 Å². The zero-order chi connectivity index (χ0) is 19.3. The minimum atomic E-state index is -4.39. The molecule has 0 spiro atoms. The molecule has 0 atom stereocenters. The Morgan fingerprint density at radius 2 is 2.00 bits per heavy atom. The summed E-state index contributed by atoms with van der Waals surface area (Å²) in [7, 11) is 1.61. The molecule has 0 unspecified atom stereocenters. The lowest BCUT2D eigenvalue weighted by molar-refractivity contribution is -0.136. The summed E-state index contributed by atoms with van der Waals surface area (Å²) >= 11 is 1.10. The van der Waals surface area contributed by atoms with Crippen molar-refractivity contribution in [3.05, 3.63) is 31.3 Å². The minimum Gasteiger partial charge on any atom is -0.313 e. The summed E-state index contributed by atoms with van der Waals surface area (Å²) in [6.45, 7) is 2.98. The van der Waals surface area contributed by atoms with Gasteiger partial charge >= 0.3 is 11.9 Å². The van der Waals surface area contributed by atoms with Gasteiger partial charge in [0, 0.05) is 13.6 Å². The predicted octanol–water partition coefficient (Wildman–Crippen LogP) is 2.55. The maximum absolute atomic E-state index is 13.0. The fraction of sp³-hybridized carbons (Fsp3) is 0.562. The second-order valence-electron chi connectivity index (χ2n) is 6.69. The third kappa shape index (κ3) is 3.17. The standard InChI is InChI=1S/C16H19F3N4O2S/c1-9-10(8-21-20-3)26-13-11(9)12(24)23(15(2)4-5-15)14(25)22(13)7-6-16(17,18)19/h8,20H,4-7H2,1-3H3/b21-8+. The van der Waals surface area contributed by atoms with Gasteiger partial charge in [0.1, 0.15) is 4.83 Å². The largest absolute Gasteiger partial charge is 0.390 e. The Hall–Kier alpha value is -2.10. The molecule has 0 aliphatic heterocycles. The number of rotatable bonds is 5. The molecule has 2 heterocycles. The van der Waals surface area contributed by atoms with Crippen LogP contribution in [-0.2, 0) is 12.1 Å². The van der Waals surface area contributed by atoms with Gasteiger partial charge in [0.15, 0.2) is 0 Å². The Balaban J connectivity index is 2.30. The van der Waals surface area contributed by atoms with Crippen molar-refractivity contribution in [1.82, 2.24) is 14.6 Å². The van der Waals surface area contributed by atoms with Gasteiger partial charge in [-0.1, -0.05) is 0 Å². The number of alkyl halides is 3. The monoisotopic (exact) mass is 388 g/mol. The first-order valence-corrected chi connectivity index (χ1v) is 8.97. The average molecular weight is 388 g/mol. The zero-order valence-electron chi connectivity index (χ0n) is 14.6. The topological polar surface area (TPSA) is 68.4 Å². The molecule has 1 saturated carbocycles. The van der Waals surface area contributed by atoms with E-state index in [1.807, 2.05) is 0 Å². The molecule has 1 aliphatic rings. The molecule has 1 fully saturated rings. The second kappa shape index (κ2) is 6.26. The first-order chi connectivity index (χ1) is 12.1. The van der Waals surface area contributed by atoms with Crippen LogP contribution in [0.3, 0.4) is 0 Å². The maximum Gasteiger partial charge on any atom is 0.390 e. The fourth-order valence-electron chi connectivity index (χ4n) is 2.93. The van der Waals surface area contributed by atoms with Crippen LogP contribution in [0.15, 0.2) is 14.7 Å². The van der Waals surface area contributed by atoms with Gasteiger partial charge in [-0.15, -0.1) is 11.3 Å². The van der Waals surface area contributed by atoms with E-state index in [1.165, 1.54) is 6.21 Å². The molecule has 2 aromatic rings. The molecule has 1 aliphatic carbocycles. The van der Waals surface area contributed by atoms with Crippen LogP contribution in [0.25, 0.3) is 10.2 Å². The van der Waals surface area contributed by atoms with Crippen LogP contribution in [0.2, 0.25) is 0 Å². The Kier molecular flexibility index (Phi) is 4.50. The minimum absolute atomic E-state index is 0.264. The van der Waals surface area contributed by atoms with Crippen molar-refractivity contribution < 1.29 is 13.2 Å². The van der Waals surface area contributed by atoms with E-state index in [2.05, 4.69) is 10.5 Å². The summed E-state index contributed by atoms with van der Waals surface area (Å²) in [6, 6.07) is 0. The molecular formula is C16H19F3N4O2S. The number of halogens is 3. The van der Waals surface area contributed by atoms with Crippen molar-refractivity contribution in [2.24, 2.45) is 5.10 Å². The highest BCUT2D eigenvalue weighted by atomic mass is 32.1. The molecule has 2 aromatic heterocycles. The SMILES string of the molecule is CN/N=C/c1sc2c(c1C)c(=O)n(C1(C)CC1)c(=O)n2CCC(F)(F)F. The average Bonchev–Trinajstić information content (AvgIpc) is 3.18. The maximum atomic E-state index is 13.0. The number of hydrogen-bond donors (Lipinski definition) is 1. The van der Waals surface area contributed by atoms with E-state index >= 15 is 0 Å². The van der Waals surface area contributed by atoms with E-state index in [-0.39, 0.29) is 4.83 Å². The summed E-state index contributed by atoms with van der Waals surface area (Å²) in [5, 5.41) is 4.20. The van der Waals surface area contributed by atoms with E-state index < -0.39 is 35.9 Å². The normalized spacial score (nSPS) is 16.5. The number of hydrogen-bond acceptors (Lipinski definition) is 5. The van der Waals surface area contributed by atoms with Crippen LogP contribution in [0, 0.1) is 6.92 Å². The van der Waals surface area contributed by atoms with E-state index in [4.69, 9.17) is 0 Å². The molecule has 0 bridgehead atoms. The number of fused-ring (bicyclic) bond motifs is 1. The molecular weight excluding hydrogens is 369 g/mol. The number of aryl methyl sites for hydroxylation is 2. The van der Waals surface area contributed by atoms with Gasteiger partial charge in [-0.2, -0.15) is 18.3 Å². The van der Waals surface area contributed by atoms with Crippen LogP contribution < -0.4 is 16.7 Å². The van der Waals surface area contributed by atoms with Crippen LogP contribution in [0.5, 0.6) is 0 Å². The van der Waals surface area contributed by atoms with Crippen LogP contribution >= 0.6 is 11.3 Å². The molecule has 0 amide bonds. The van der Waals surface area contributed by atoms with Gasteiger partial charge in [-0.25, -0.2) is 4.79 Å². The molecule has 6 nitrogen and oxygen atoms in total. The molecule has 142 valence electrons. The summed E-state index contributed by atoms with van der Waals surface area (Å²) in [5.74, 6) is 0. The Labute approximate surface area is 150 Å². The van der Waals surface area contributed by atoms with Crippen LogP contribution in [0.4, 0.5) is 13.2 Å². The van der Waals surface area contributed by atoms with Gasteiger partial charge in [0.25, 0.3) is 5.56 Å². The van der Waals surface area contributed by atoms with Gasteiger partial charge in [-0.3, -0.25) is 13.9 Å². The molecule has 0 radical (unpaired) electrons. The molecule has 3 rings (SSSR count). The fourth-order valence-corrected chi connectivity index (χ4v) is 4.12. The Morgan fingerprint density at radius 3 is 2.54 bits per heavy atom. The number of thiophene rings is 1. The molecule has 26 heavy (non-hydrogen) atoms. The first-order valence-electron chi connectivity index (χ1n) is 8.15.